The molecule has 0 aromatic rings. The van der Waals surface area contributed by atoms with E-state index in [0.29, 0.717) is 15.8 Å². The summed E-state index contributed by atoms with van der Waals surface area (Å²) in [4.78, 5) is 0. The largest absolute Gasteiger partial charge is 0.110 e. The number of hydrogen-bond donors (Lipinski definition) is 0. The molecule has 0 fully saturated rings. The molecule has 2 heteroatoms. The standard InChI is InChI=1S/C9H22P2/c1-5-10(4)8-9-11(6-2)7-3/h5-9H2,1-4H3. The van der Waals surface area contributed by atoms with E-state index in [1.807, 2.05) is 0 Å². The Morgan fingerprint density at radius 1 is 0.818 bits per heavy atom. The SMILES string of the molecule is CCP(C)CCP(CC)CC. The first-order valence-electron chi connectivity index (χ1n) is 4.65. The normalized spacial score (nSPS) is 13.9. The monoisotopic (exact) mass is 192 g/mol. The summed E-state index contributed by atoms with van der Waals surface area (Å²) >= 11 is 0. The van der Waals surface area contributed by atoms with Gasteiger partial charge in [-0.25, -0.2) is 0 Å². The highest BCUT2D eigenvalue weighted by molar-refractivity contribution is 7.61. The van der Waals surface area contributed by atoms with Gasteiger partial charge in [-0.3, -0.25) is 0 Å². The molecular weight excluding hydrogens is 170 g/mol. The van der Waals surface area contributed by atoms with Crippen molar-refractivity contribution in [2.45, 2.75) is 20.8 Å². The average Bonchev–Trinajstić information content (AvgIpc) is 2.06. The van der Waals surface area contributed by atoms with Gasteiger partial charge in [-0.05, 0) is 37.5 Å². The van der Waals surface area contributed by atoms with Crippen LogP contribution in [0.3, 0.4) is 0 Å². The van der Waals surface area contributed by atoms with E-state index in [0.717, 1.165) is 0 Å². The lowest BCUT2D eigenvalue weighted by atomic mass is 10.9. The van der Waals surface area contributed by atoms with E-state index in [4.69, 9.17) is 0 Å². The fourth-order valence-electron chi connectivity index (χ4n) is 1.01. The van der Waals surface area contributed by atoms with Gasteiger partial charge in [0.05, 0.1) is 0 Å². The maximum absolute atomic E-state index is 2.44. The van der Waals surface area contributed by atoms with Gasteiger partial charge in [-0.2, -0.15) is 0 Å². The lowest BCUT2D eigenvalue weighted by Gasteiger charge is -2.15. The quantitative estimate of drug-likeness (QED) is 0.563. The van der Waals surface area contributed by atoms with Crippen molar-refractivity contribution in [1.29, 1.82) is 0 Å². The van der Waals surface area contributed by atoms with E-state index in [9.17, 15) is 0 Å². The van der Waals surface area contributed by atoms with Gasteiger partial charge in [0.1, 0.15) is 0 Å². The first kappa shape index (κ1) is 11.9. The molecule has 0 rings (SSSR count). The fourth-order valence-corrected chi connectivity index (χ4v) is 4.90. The van der Waals surface area contributed by atoms with Crippen LogP contribution in [-0.4, -0.2) is 37.5 Å². The highest BCUT2D eigenvalue weighted by Gasteiger charge is 2.04. The highest BCUT2D eigenvalue weighted by atomic mass is 31.1. The zero-order chi connectivity index (χ0) is 8.69. The highest BCUT2D eigenvalue weighted by Crippen LogP contribution is 2.39. The van der Waals surface area contributed by atoms with Crippen LogP contribution in [0.2, 0.25) is 0 Å². The van der Waals surface area contributed by atoms with Gasteiger partial charge >= 0.3 is 0 Å². The summed E-state index contributed by atoms with van der Waals surface area (Å²) in [6.07, 6.45) is 7.38. The molecule has 0 saturated carbocycles. The minimum absolute atomic E-state index is 0.394. The Labute approximate surface area is 74.7 Å². The van der Waals surface area contributed by atoms with Gasteiger partial charge < -0.3 is 0 Å². The molecule has 0 bridgehead atoms. The predicted molar refractivity (Wildman–Crippen MR) is 61.1 cm³/mol. The van der Waals surface area contributed by atoms with Gasteiger partial charge in [0, 0.05) is 0 Å². The third-order valence-electron chi connectivity index (χ3n) is 2.23. The molecule has 0 aliphatic carbocycles. The lowest BCUT2D eigenvalue weighted by Crippen LogP contribution is -1.95. The zero-order valence-electron chi connectivity index (χ0n) is 8.43. The molecule has 0 radical (unpaired) electrons. The molecule has 0 heterocycles. The van der Waals surface area contributed by atoms with Gasteiger partial charge in [0.2, 0.25) is 0 Å². The zero-order valence-corrected chi connectivity index (χ0v) is 10.2. The van der Waals surface area contributed by atoms with Crippen LogP contribution in [0.15, 0.2) is 0 Å². The van der Waals surface area contributed by atoms with Crippen LogP contribution < -0.4 is 0 Å². The van der Waals surface area contributed by atoms with E-state index < -0.39 is 0 Å². The summed E-state index contributed by atoms with van der Waals surface area (Å²) < 4.78 is 0. The van der Waals surface area contributed by atoms with E-state index in [1.165, 1.54) is 24.6 Å². The smallest absolute Gasteiger partial charge is 0.0287 e. The second-order valence-electron chi connectivity index (χ2n) is 2.92. The number of rotatable bonds is 6. The molecule has 68 valence electrons. The summed E-state index contributed by atoms with van der Waals surface area (Å²) in [7, 11) is 0.816. The van der Waals surface area contributed by atoms with E-state index in [1.54, 1.807) is 6.16 Å². The maximum Gasteiger partial charge on any atom is -0.0287 e. The second kappa shape index (κ2) is 7.51. The summed E-state index contributed by atoms with van der Waals surface area (Å²) in [6.45, 7) is 9.46. The molecule has 1 unspecified atom stereocenters. The van der Waals surface area contributed by atoms with Crippen LogP contribution >= 0.6 is 15.8 Å². The minimum Gasteiger partial charge on any atom is -0.110 e. The molecule has 1 atom stereocenters. The van der Waals surface area contributed by atoms with Crippen LogP contribution in [0.4, 0.5) is 0 Å². The molecular formula is C9H22P2. The van der Waals surface area contributed by atoms with Crippen molar-refractivity contribution in [2.75, 3.05) is 37.5 Å². The molecule has 0 spiro atoms. The minimum atomic E-state index is 0.394. The fraction of sp³-hybridized carbons (Fsp3) is 1.00. The topological polar surface area (TPSA) is 0 Å². The van der Waals surface area contributed by atoms with Crippen LogP contribution in [0, 0.1) is 0 Å². The first-order valence-corrected chi connectivity index (χ1v) is 8.71. The number of hydrogen-bond acceptors (Lipinski definition) is 0. The first-order chi connectivity index (χ1) is 5.24. The average molecular weight is 192 g/mol. The van der Waals surface area contributed by atoms with Crippen LogP contribution in [0.5, 0.6) is 0 Å². The van der Waals surface area contributed by atoms with Crippen molar-refractivity contribution >= 4 is 15.8 Å². The van der Waals surface area contributed by atoms with Crippen molar-refractivity contribution in [3.05, 3.63) is 0 Å². The third-order valence-corrected chi connectivity index (χ3v) is 7.30. The Morgan fingerprint density at radius 3 is 1.73 bits per heavy atom. The van der Waals surface area contributed by atoms with Crippen LogP contribution in [0.1, 0.15) is 20.8 Å². The van der Waals surface area contributed by atoms with Crippen molar-refractivity contribution in [3.63, 3.8) is 0 Å². The Morgan fingerprint density at radius 2 is 1.36 bits per heavy atom. The van der Waals surface area contributed by atoms with E-state index in [-0.39, 0.29) is 0 Å². The summed E-state index contributed by atoms with van der Waals surface area (Å²) in [5.74, 6) is 0. The van der Waals surface area contributed by atoms with E-state index in [2.05, 4.69) is 27.4 Å². The molecule has 0 aliphatic heterocycles. The van der Waals surface area contributed by atoms with Gasteiger partial charge in [-0.1, -0.05) is 20.8 Å². The van der Waals surface area contributed by atoms with Crippen molar-refractivity contribution in [1.82, 2.24) is 0 Å². The summed E-state index contributed by atoms with van der Waals surface area (Å²) in [6, 6.07) is 0. The maximum atomic E-state index is 2.44. The van der Waals surface area contributed by atoms with Gasteiger partial charge in [0.25, 0.3) is 0 Å². The second-order valence-corrected chi connectivity index (χ2v) is 8.77. The van der Waals surface area contributed by atoms with Crippen LogP contribution in [-0.2, 0) is 0 Å². The van der Waals surface area contributed by atoms with E-state index >= 15 is 0 Å². The Bertz CT molecular complexity index is 79.6. The molecule has 0 aromatic carbocycles. The Hall–Kier alpha value is 0.860. The summed E-state index contributed by atoms with van der Waals surface area (Å²) in [5, 5.41) is 0. The lowest BCUT2D eigenvalue weighted by molar-refractivity contribution is 1.34. The third kappa shape index (κ3) is 6.06. The van der Waals surface area contributed by atoms with Crippen LogP contribution in [0.25, 0.3) is 0 Å². The molecule has 0 amide bonds. The molecule has 0 saturated heterocycles. The van der Waals surface area contributed by atoms with Gasteiger partial charge in [-0.15, -0.1) is 15.8 Å². The summed E-state index contributed by atoms with van der Waals surface area (Å²) in [5.41, 5.74) is 0. The van der Waals surface area contributed by atoms with Crippen molar-refractivity contribution in [2.24, 2.45) is 0 Å². The predicted octanol–water partition coefficient (Wildman–Crippen LogP) is 3.64. The Balaban J connectivity index is 3.34. The Kier molecular flexibility index (Phi) is 8.09. The molecule has 0 aliphatic rings. The molecule has 0 nitrogen and oxygen atoms in total. The molecule has 0 aromatic heterocycles. The molecule has 11 heavy (non-hydrogen) atoms. The van der Waals surface area contributed by atoms with Crippen molar-refractivity contribution < 1.29 is 0 Å². The van der Waals surface area contributed by atoms with Gasteiger partial charge in [0.15, 0.2) is 0 Å². The van der Waals surface area contributed by atoms with Crippen molar-refractivity contribution in [3.8, 4) is 0 Å². The molecule has 0 N–H and O–H groups in total.